The molecule has 2 aliphatic heterocycles. The van der Waals surface area contributed by atoms with Crippen LogP contribution in [0.25, 0.3) is 33.4 Å². The number of amides is 2. The minimum atomic E-state index is 0.0292. The molecule has 1 saturated heterocycles. The molecule has 2 amide bonds. The average Bonchev–Trinajstić information content (AvgIpc) is 3.59. The standard InChI is InChI=1S/C31H34N10O3/c1-38-10-12-39(13-11-38)25(42)6-7-26(43)40-9-8-20-14-19(2-3-22(20)17-40)16-41-30-27(29(32)34-18-35-30)28(37-41)21-4-5-24-23(15-21)36-31(33)44-24/h2-5,14-15,18H,6-13,16-17H2,1H3,(H2,33,36)(H2,32,34,35). The first-order valence-electron chi connectivity index (χ1n) is 14.8. The van der Waals surface area contributed by atoms with Crippen molar-refractivity contribution in [1.82, 2.24) is 39.4 Å². The van der Waals surface area contributed by atoms with Crippen LogP contribution in [0.5, 0.6) is 0 Å². The summed E-state index contributed by atoms with van der Waals surface area (Å²) >= 11 is 0. The fourth-order valence-corrected chi connectivity index (χ4v) is 6.11. The summed E-state index contributed by atoms with van der Waals surface area (Å²) in [6, 6.07) is 12.0. The van der Waals surface area contributed by atoms with Crippen LogP contribution in [0.1, 0.15) is 29.5 Å². The third kappa shape index (κ3) is 5.30. The zero-order chi connectivity index (χ0) is 30.4. The highest BCUT2D eigenvalue weighted by Crippen LogP contribution is 2.33. The maximum Gasteiger partial charge on any atom is 0.292 e. The zero-order valence-electron chi connectivity index (χ0n) is 24.6. The summed E-state index contributed by atoms with van der Waals surface area (Å²) in [6.07, 6.45) is 2.70. The summed E-state index contributed by atoms with van der Waals surface area (Å²) in [5, 5.41) is 5.58. The molecule has 7 rings (SSSR count). The Labute approximate surface area is 253 Å². The van der Waals surface area contributed by atoms with Gasteiger partial charge in [0.2, 0.25) is 11.8 Å². The van der Waals surface area contributed by atoms with E-state index < -0.39 is 0 Å². The van der Waals surface area contributed by atoms with E-state index in [1.54, 1.807) is 0 Å². The summed E-state index contributed by atoms with van der Waals surface area (Å²) in [4.78, 5) is 44.5. The lowest BCUT2D eigenvalue weighted by Crippen LogP contribution is -2.47. The number of nitrogens with zero attached hydrogens (tertiary/aromatic N) is 8. The Bertz CT molecular complexity index is 1890. The van der Waals surface area contributed by atoms with E-state index in [9.17, 15) is 9.59 Å². The quantitative estimate of drug-likeness (QED) is 0.298. The van der Waals surface area contributed by atoms with Gasteiger partial charge in [-0.15, -0.1) is 0 Å². The molecule has 2 aliphatic rings. The van der Waals surface area contributed by atoms with Crippen molar-refractivity contribution in [2.45, 2.75) is 32.4 Å². The van der Waals surface area contributed by atoms with Crippen molar-refractivity contribution in [3.05, 3.63) is 59.4 Å². The molecule has 4 N–H and O–H groups in total. The summed E-state index contributed by atoms with van der Waals surface area (Å²) in [5.41, 5.74) is 18.7. The van der Waals surface area contributed by atoms with Gasteiger partial charge in [-0.25, -0.2) is 14.6 Å². The van der Waals surface area contributed by atoms with Gasteiger partial charge in [-0.3, -0.25) is 9.59 Å². The van der Waals surface area contributed by atoms with Crippen molar-refractivity contribution in [2.24, 2.45) is 0 Å². The second kappa shape index (κ2) is 11.2. The van der Waals surface area contributed by atoms with E-state index in [4.69, 9.17) is 21.0 Å². The van der Waals surface area contributed by atoms with Crippen LogP contribution in [0.2, 0.25) is 0 Å². The third-order valence-electron chi connectivity index (χ3n) is 8.61. The van der Waals surface area contributed by atoms with E-state index in [1.165, 1.54) is 11.9 Å². The van der Waals surface area contributed by atoms with E-state index in [1.807, 2.05) is 32.7 Å². The Kier molecular flexibility index (Phi) is 7.09. The van der Waals surface area contributed by atoms with Gasteiger partial charge in [-0.05, 0) is 48.4 Å². The summed E-state index contributed by atoms with van der Waals surface area (Å²) < 4.78 is 7.26. The number of nitrogen functional groups attached to an aromatic ring is 2. The largest absolute Gasteiger partial charge is 0.424 e. The SMILES string of the molecule is CN1CCN(C(=O)CCC(=O)N2CCc3cc(Cn4nc(-c5ccc6oc(N)nc6c5)c5c(N)ncnc54)ccc3C2)CC1. The number of piperazine rings is 1. The van der Waals surface area contributed by atoms with Crippen molar-refractivity contribution < 1.29 is 14.0 Å². The highest BCUT2D eigenvalue weighted by atomic mass is 16.4. The first-order chi connectivity index (χ1) is 21.3. The molecule has 0 radical (unpaired) electrons. The number of benzene rings is 2. The fourth-order valence-electron chi connectivity index (χ4n) is 6.11. The monoisotopic (exact) mass is 594 g/mol. The maximum atomic E-state index is 13.0. The number of fused-ring (bicyclic) bond motifs is 3. The van der Waals surface area contributed by atoms with Gasteiger partial charge < -0.3 is 30.6 Å². The molecule has 1 fully saturated rings. The van der Waals surface area contributed by atoms with Crippen molar-refractivity contribution in [3.63, 3.8) is 0 Å². The number of likely N-dealkylation sites (N-methyl/N-ethyl adjacent to an activating group) is 1. The smallest absolute Gasteiger partial charge is 0.292 e. The highest BCUT2D eigenvalue weighted by molar-refractivity contribution is 5.99. The first-order valence-corrected chi connectivity index (χ1v) is 14.8. The maximum absolute atomic E-state index is 13.0. The molecular formula is C31H34N10O3. The van der Waals surface area contributed by atoms with E-state index in [-0.39, 0.29) is 30.7 Å². The van der Waals surface area contributed by atoms with Gasteiger partial charge in [-0.1, -0.05) is 18.2 Å². The van der Waals surface area contributed by atoms with Crippen LogP contribution in [0.3, 0.4) is 0 Å². The normalized spacial score (nSPS) is 15.7. The lowest BCUT2D eigenvalue weighted by atomic mass is 9.97. The molecule has 13 nitrogen and oxygen atoms in total. The molecule has 5 heterocycles. The van der Waals surface area contributed by atoms with Crippen molar-refractivity contribution in [2.75, 3.05) is 51.2 Å². The number of carbonyl (C=O) groups excluding carboxylic acids is 2. The third-order valence-corrected chi connectivity index (χ3v) is 8.61. The van der Waals surface area contributed by atoms with E-state index in [2.05, 4.69) is 45.1 Å². The molecule has 5 aromatic rings. The molecule has 3 aromatic heterocycles. The Morgan fingerprint density at radius 2 is 1.70 bits per heavy atom. The van der Waals surface area contributed by atoms with E-state index in [0.717, 1.165) is 49.3 Å². The van der Waals surface area contributed by atoms with Crippen LogP contribution in [-0.4, -0.2) is 91.0 Å². The van der Waals surface area contributed by atoms with Gasteiger partial charge in [0.05, 0.1) is 11.9 Å². The average molecular weight is 595 g/mol. The Morgan fingerprint density at radius 1 is 0.909 bits per heavy atom. The molecule has 0 atom stereocenters. The van der Waals surface area contributed by atoms with Crippen molar-refractivity contribution >= 4 is 45.8 Å². The Morgan fingerprint density at radius 3 is 2.52 bits per heavy atom. The molecule has 2 aromatic carbocycles. The van der Waals surface area contributed by atoms with Gasteiger partial charge in [0.15, 0.2) is 11.2 Å². The molecule has 0 bridgehead atoms. The summed E-state index contributed by atoms with van der Waals surface area (Å²) in [6.45, 7) is 4.87. The van der Waals surface area contributed by atoms with Crippen molar-refractivity contribution in [1.29, 1.82) is 0 Å². The number of carbonyl (C=O) groups is 2. The number of hydrogen-bond donors (Lipinski definition) is 2. The second-order valence-corrected chi connectivity index (χ2v) is 11.6. The minimum Gasteiger partial charge on any atom is -0.424 e. The fraction of sp³-hybridized carbons (Fsp3) is 0.355. The minimum absolute atomic E-state index is 0.0292. The molecule has 44 heavy (non-hydrogen) atoms. The van der Waals surface area contributed by atoms with Gasteiger partial charge in [-0.2, -0.15) is 10.1 Å². The van der Waals surface area contributed by atoms with Gasteiger partial charge in [0.25, 0.3) is 6.01 Å². The van der Waals surface area contributed by atoms with Crippen molar-refractivity contribution in [3.8, 4) is 11.3 Å². The number of hydrogen-bond acceptors (Lipinski definition) is 10. The van der Waals surface area contributed by atoms with Gasteiger partial charge in [0, 0.05) is 57.7 Å². The molecule has 0 spiro atoms. The lowest BCUT2D eigenvalue weighted by Gasteiger charge is -2.33. The molecular weight excluding hydrogens is 560 g/mol. The van der Waals surface area contributed by atoms with Crippen LogP contribution in [0.4, 0.5) is 11.8 Å². The molecule has 226 valence electrons. The summed E-state index contributed by atoms with van der Waals surface area (Å²) in [5.74, 6) is 0.441. The molecule has 0 saturated carbocycles. The highest BCUT2D eigenvalue weighted by Gasteiger charge is 2.24. The van der Waals surface area contributed by atoms with Crippen LogP contribution in [0, 0.1) is 0 Å². The predicted octanol–water partition coefficient (Wildman–Crippen LogP) is 2.29. The van der Waals surface area contributed by atoms with Crippen LogP contribution in [-0.2, 0) is 29.1 Å². The number of nitrogens with two attached hydrogens (primary N) is 2. The van der Waals surface area contributed by atoms with Crippen LogP contribution < -0.4 is 11.5 Å². The second-order valence-electron chi connectivity index (χ2n) is 11.6. The van der Waals surface area contributed by atoms with Crippen LogP contribution >= 0.6 is 0 Å². The predicted molar refractivity (Wildman–Crippen MR) is 165 cm³/mol. The van der Waals surface area contributed by atoms with Gasteiger partial charge >= 0.3 is 0 Å². The first kappa shape index (κ1) is 27.8. The zero-order valence-corrected chi connectivity index (χ0v) is 24.6. The number of rotatable bonds is 6. The van der Waals surface area contributed by atoms with Crippen LogP contribution in [0.15, 0.2) is 47.1 Å². The molecule has 0 unspecified atom stereocenters. The van der Waals surface area contributed by atoms with Gasteiger partial charge in [0.1, 0.15) is 23.4 Å². The number of oxazole rings is 1. The number of aromatic nitrogens is 5. The lowest BCUT2D eigenvalue weighted by molar-refractivity contribution is -0.138. The Hall–Kier alpha value is -5.04. The number of anilines is 2. The summed E-state index contributed by atoms with van der Waals surface area (Å²) in [7, 11) is 2.06. The van der Waals surface area contributed by atoms with E-state index >= 15 is 0 Å². The topological polar surface area (TPSA) is 166 Å². The molecule has 0 aliphatic carbocycles. The molecule has 13 heteroatoms. The Balaban J connectivity index is 1.06. The van der Waals surface area contributed by atoms with E-state index in [0.29, 0.717) is 53.3 Å².